The topological polar surface area (TPSA) is 18.5 Å². The Bertz CT molecular complexity index is 397. The van der Waals surface area contributed by atoms with Crippen molar-refractivity contribution in [3.05, 3.63) is 24.3 Å². The van der Waals surface area contributed by atoms with Crippen LogP contribution in [0.4, 0.5) is 12.9 Å². The summed E-state index contributed by atoms with van der Waals surface area (Å²) >= 11 is 0. The van der Waals surface area contributed by atoms with E-state index in [1.54, 1.807) is 7.11 Å². The Labute approximate surface area is 154 Å². The normalized spacial score (nSPS) is 11.9. The van der Waals surface area contributed by atoms with Crippen LogP contribution >= 0.6 is 0 Å². The molecule has 0 fully saturated rings. The standard InChI is InChI=1S/C12H17BF3O2.K/c1-12(2,17-3)8-9-18-11-7-5-4-6-10(11)13(14,15)16;/h4-7H,8-9H2,1-3H3;/q-1;+1. The summed E-state index contributed by atoms with van der Waals surface area (Å²) in [4.78, 5) is 0. The van der Waals surface area contributed by atoms with E-state index in [-0.39, 0.29) is 63.7 Å². The molecule has 7 heteroatoms. The average molecular weight is 300 g/mol. The first-order valence-electron chi connectivity index (χ1n) is 5.73. The second kappa shape index (κ2) is 8.05. The van der Waals surface area contributed by atoms with Crippen LogP contribution in [0.15, 0.2) is 24.3 Å². The summed E-state index contributed by atoms with van der Waals surface area (Å²) in [5, 5.41) is 0. The van der Waals surface area contributed by atoms with Crippen molar-refractivity contribution in [3.63, 3.8) is 0 Å². The molecule has 0 aliphatic heterocycles. The molecule has 0 N–H and O–H groups in total. The van der Waals surface area contributed by atoms with E-state index in [4.69, 9.17) is 9.47 Å². The number of benzene rings is 1. The van der Waals surface area contributed by atoms with Crippen molar-refractivity contribution in [1.29, 1.82) is 0 Å². The fraction of sp³-hybridized carbons (Fsp3) is 0.500. The van der Waals surface area contributed by atoms with Crippen molar-refractivity contribution >= 4 is 12.4 Å². The van der Waals surface area contributed by atoms with E-state index >= 15 is 0 Å². The van der Waals surface area contributed by atoms with Crippen LogP contribution < -0.4 is 61.6 Å². The molecule has 1 aromatic carbocycles. The second-order valence-corrected chi connectivity index (χ2v) is 4.67. The van der Waals surface area contributed by atoms with Crippen molar-refractivity contribution in [2.45, 2.75) is 25.9 Å². The van der Waals surface area contributed by atoms with Gasteiger partial charge in [-0.25, -0.2) is 0 Å². The van der Waals surface area contributed by atoms with Gasteiger partial charge in [-0.05, 0) is 19.9 Å². The monoisotopic (exact) mass is 300 g/mol. The Balaban J connectivity index is 0.00000324. The SMILES string of the molecule is COC(C)(C)CCOc1ccccc1[B-](F)(F)F.[K+]. The van der Waals surface area contributed by atoms with E-state index in [9.17, 15) is 12.9 Å². The van der Waals surface area contributed by atoms with Crippen LogP contribution in [0.3, 0.4) is 0 Å². The van der Waals surface area contributed by atoms with E-state index in [0.717, 1.165) is 6.07 Å². The first-order valence-corrected chi connectivity index (χ1v) is 5.73. The van der Waals surface area contributed by atoms with Crippen LogP contribution in [0, 0.1) is 0 Å². The van der Waals surface area contributed by atoms with Crippen LogP contribution in [-0.2, 0) is 4.74 Å². The number of hydrogen-bond acceptors (Lipinski definition) is 2. The maximum atomic E-state index is 12.7. The minimum atomic E-state index is -5.04. The van der Waals surface area contributed by atoms with E-state index in [1.807, 2.05) is 13.8 Å². The molecule has 0 saturated heterocycles. The molecule has 102 valence electrons. The molecule has 2 nitrogen and oxygen atoms in total. The predicted molar refractivity (Wildman–Crippen MR) is 66.4 cm³/mol. The third kappa shape index (κ3) is 6.64. The Morgan fingerprint density at radius 3 is 2.26 bits per heavy atom. The van der Waals surface area contributed by atoms with E-state index in [0.29, 0.717) is 6.42 Å². The van der Waals surface area contributed by atoms with Gasteiger partial charge in [0.25, 0.3) is 0 Å². The van der Waals surface area contributed by atoms with E-state index < -0.39 is 18.0 Å². The molecule has 0 radical (unpaired) electrons. The van der Waals surface area contributed by atoms with Gasteiger partial charge in [0.1, 0.15) is 0 Å². The summed E-state index contributed by atoms with van der Waals surface area (Å²) in [5.41, 5.74) is -1.09. The van der Waals surface area contributed by atoms with Gasteiger partial charge >= 0.3 is 58.4 Å². The zero-order valence-electron chi connectivity index (χ0n) is 11.8. The summed E-state index contributed by atoms with van der Waals surface area (Å²) in [6.07, 6.45) is 0.517. The maximum absolute atomic E-state index is 12.7. The molecule has 0 spiro atoms. The summed E-state index contributed by atoms with van der Waals surface area (Å²) < 4.78 is 48.6. The van der Waals surface area contributed by atoms with Gasteiger partial charge in [-0.2, -0.15) is 0 Å². The zero-order chi connectivity index (χ0) is 13.8. The number of rotatable bonds is 6. The fourth-order valence-corrected chi connectivity index (χ4v) is 1.39. The molecule has 1 aromatic rings. The zero-order valence-corrected chi connectivity index (χ0v) is 14.9. The van der Waals surface area contributed by atoms with Gasteiger partial charge in [0.15, 0.2) is 0 Å². The number of ether oxygens (including phenoxy) is 2. The molecule has 0 saturated carbocycles. The second-order valence-electron chi connectivity index (χ2n) is 4.67. The Hall–Kier alpha value is 0.471. The predicted octanol–water partition coefficient (Wildman–Crippen LogP) is -0.0611. The van der Waals surface area contributed by atoms with Gasteiger partial charge < -0.3 is 22.4 Å². The third-order valence-corrected chi connectivity index (χ3v) is 2.79. The molecule has 0 heterocycles. The molecular formula is C12H17BF3KO2. The number of halogens is 3. The van der Waals surface area contributed by atoms with E-state index in [2.05, 4.69) is 0 Å². The first kappa shape index (κ1) is 19.5. The summed E-state index contributed by atoms with van der Waals surface area (Å²) in [6, 6.07) is 5.26. The van der Waals surface area contributed by atoms with E-state index in [1.165, 1.54) is 18.2 Å². The van der Waals surface area contributed by atoms with Gasteiger partial charge in [-0.1, -0.05) is 23.7 Å². The van der Waals surface area contributed by atoms with Crippen LogP contribution in [0.25, 0.3) is 0 Å². The van der Waals surface area contributed by atoms with Crippen molar-refractivity contribution < 1.29 is 73.8 Å². The first-order chi connectivity index (χ1) is 8.26. The van der Waals surface area contributed by atoms with Crippen LogP contribution in [0.1, 0.15) is 20.3 Å². The minimum Gasteiger partial charge on any atom is -0.496 e. The van der Waals surface area contributed by atoms with Crippen molar-refractivity contribution in [2.75, 3.05) is 13.7 Å². The van der Waals surface area contributed by atoms with Gasteiger partial charge in [0.2, 0.25) is 0 Å². The smallest absolute Gasteiger partial charge is 0.496 e. The van der Waals surface area contributed by atoms with Crippen LogP contribution in [-0.4, -0.2) is 26.3 Å². The molecular weight excluding hydrogens is 283 g/mol. The average Bonchev–Trinajstić information content (AvgIpc) is 2.28. The van der Waals surface area contributed by atoms with Crippen LogP contribution in [0.2, 0.25) is 0 Å². The largest absolute Gasteiger partial charge is 1.00 e. The molecule has 19 heavy (non-hydrogen) atoms. The number of methoxy groups -OCH3 is 1. The Morgan fingerprint density at radius 2 is 1.74 bits per heavy atom. The summed E-state index contributed by atoms with van der Waals surface area (Å²) in [5.74, 6) is -0.114. The molecule has 0 amide bonds. The molecule has 0 aliphatic rings. The third-order valence-electron chi connectivity index (χ3n) is 2.79. The quantitative estimate of drug-likeness (QED) is 0.685. The molecule has 0 bridgehead atoms. The maximum Gasteiger partial charge on any atom is 1.00 e. The number of para-hydroxylation sites is 1. The molecule has 0 aliphatic carbocycles. The fourth-order valence-electron chi connectivity index (χ4n) is 1.39. The summed E-state index contributed by atoms with van der Waals surface area (Å²) in [6.45, 7) is -1.15. The van der Waals surface area contributed by atoms with Crippen molar-refractivity contribution in [3.8, 4) is 5.75 Å². The molecule has 0 unspecified atom stereocenters. The minimum absolute atomic E-state index is 0. The van der Waals surface area contributed by atoms with Gasteiger partial charge in [0, 0.05) is 13.5 Å². The van der Waals surface area contributed by atoms with Gasteiger partial charge in [-0.3, -0.25) is 0 Å². The van der Waals surface area contributed by atoms with Gasteiger partial charge in [-0.15, -0.1) is 0 Å². The van der Waals surface area contributed by atoms with Crippen molar-refractivity contribution in [2.24, 2.45) is 0 Å². The van der Waals surface area contributed by atoms with Crippen LogP contribution in [0.5, 0.6) is 5.75 Å². The Kier molecular flexibility index (Phi) is 8.25. The summed E-state index contributed by atoms with van der Waals surface area (Å²) in [7, 11) is 1.56. The molecule has 0 aromatic heterocycles. The molecule has 1 rings (SSSR count). The Morgan fingerprint density at radius 1 is 1.16 bits per heavy atom. The number of hydrogen-bond donors (Lipinski definition) is 0. The molecule has 0 atom stereocenters. The van der Waals surface area contributed by atoms with Gasteiger partial charge in [0.05, 0.1) is 18.0 Å². The van der Waals surface area contributed by atoms with Crippen molar-refractivity contribution in [1.82, 2.24) is 0 Å².